The predicted octanol–water partition coefficient (Wildman–Crippen LogP) is 3.80. The zero-order valence-electron chi connectivity index (χ0n) is 15.1. The van der Waals surface area contributed by atoms with Crippen LogP contribution in [0, 0.1) is 0 Å². The third-order valence-electron chi connectivity index (χ3n) is 4.67. The summed E-state index contributed by atoms with van der Waals surface area (Å²) in [5.41, 5.74) is 2.17. The van der Waals surface area contributed by atoms with E-state index in [1.54, 1.807) is 0 Å². The summed E-state index contributed by atoms with van der Waals surface area (Å²) in [5, 5.41) is 6.52. The van der Waals surface area contributed by atoms with Gasteiger partial charge in [0.25, 0.3) is 0 Å². The molecule has 2 N–H and O–H groups in total. The van der Waals surface area contributed by atoms with Crippen molar-refractivity contribution in [1.82, 2.24) is 10.6 Å². The zero-order valence-corrected chi connectivity index (χ0v) is 15.9. The fourth-order valence-corrected chi connectivity index (χ4v) is 3.22. The molecule has 0 aliphatic carbocycles. The molecule has 1 aliphatic heterocycles. The van der Waals surface area contributed by atoms with Crippen LogP contribution >= 0.6 is 12.4 Å². The van der Waals surface area contributed by atoms with Gasteiger partial charge in [0.05, 0.1) is 13.0 Å². The number of rotatable bonds is 6. The van der Waals surface area contributed by atoms with Crippen LogP contribution in [0.5, 0.6) is 5.75 Å². The van der Waals surface area contributed by atoms with E-state index in [2.05, 4.69) is 29.7 Å². The SMILES string of the molecule is CC1NCCCC1NC(=O)CCOc1ccccc1-c1ccccc1.Cl. The smallest absolute Gasteiger partial charge is 0.223 e. The number of nitrogens with one attached hydrogen (secondary N) is 2. The molecule has 1 aliphatic rings. The summed E-state index contributed by atoms with van der Waals surface area (Å²) in [5.74, 6) is 0.868. The largest absolute Gasteiger partial charge is 0.492 e. The molecule has 0 bridgehead atoms. The Hall–Kier alpha value is -2.04. The van der Waals surface area contributed by atoms with Crippen LogP contribution in [0.25, 0.3) is 11.1 Å². The van der Waals surface area contributed by atoms with E-state index >= 15 is 0 Å². The van der Waals surface area contributed by atoms with E-state index < -0.39 is 0 Å². The molecule has 26 heavy (non-hydrogen) atoms. The van der Waals surface area contributed by atoms with Crippen molar-refractivity contribution in [3.8, 4) is 16.9 Å². The highest BCUT2D eigenvalue weighted by atomic mass is 35.5. The molecule has 0 spiro atoms. The molecule has 2 unspecified atom stereocenters. The van der Waals surface area contributed by atoms with Gasteiger partial charge in [-0.15, -0.1) is 12.4 Å². The molecule has 2 atom stereocenters. The topological polar surface area (TPSA) is 50.4 Å². The molecule has 0 aromatic heterocycles. The second-order valence-corrected chi connectivity index (χ2v) is 6.52. The lowest BCUT2D eigenvalue weighted by atomic mass is 10.00. The molecule has 0 saturated carbocycles. The van der Waals surface area contributed by atoms with Gasteiger partial charge in [-0.25, -0.2) is 0 Å². The van der Waals surface area contributed by atoms with Crippen molar-refractivity contribution in [1.29, 1.82) is 0 Å². The lowest BCUT2D eigenvalue weighted by molar-refractivity contribution is -0.122. The second kappa shape index (κ2) is 10.2. The lowest BCUT2D eigenvalue weighted by Gasteiger charge is -2.30. The number of hydrogen-bond acceptors (Lipinski definition) is 3. The molecule has 3 rings (SSSR count). The van der Waals surface area contributed by atoms with Gasteiger partial charge in [-0.1, -0.05) is 48.5 Å². The highest BCUT2D eigenvalue weighted by Gasteiger charge is 2.22. The normalized spacial score (nSPS) is 19.3. The van der Waals surface area contributed by atoms with E-state index in [-0.39, 0.29) is 24.4 Å². The number of piperidine rings is 1. The van der Waals surface area contributed by atoms with Gasteiger partial charge in [-0.2, -0.15) is 0 Å². The van der Waals surface area contributed by atoms with E-state index in [4.69, 9.17) is 4.74 Å². The Bertz CT molecular complexity index is 693. The molecule has 5 heteroatoms. The number of hydrogen-bond donors (Lipinski definition) is 2. The van der Waals surface area contributed by atoms with Gasteiger partial charge in [-0.05, 0) is 37.9 Å². The first-order valence-electron chi connectivity index (χ1n) is 9.04. The van der Waals surface area contributed by atoms with Gasteiger partial charge in [0.15, 0.2) is 0 Å². The van der Waals surface area contributed by atoms with Gasteiger partial charge in [0.1, 0.15) is 5.75 Å². The number of carbonyl (C=O) groups is 1. The van der Waals surface area contributed by atoms with E-state index in [1.165, 1.54) is 0 Å². The summed E-state index contributed by atoms with van der Waals surface area (Å²) in [6.45, 7) is 3.54. The van der Waals surface area contributed by atoms with Crippen LogP contribution in [0.1, 0.15) is 26.2 Å². The average Bonchev–Trinajstić information content (AvgIpc) is 2.65. The molecule has 1 amide bonds. The van der Waals surface area contributed by atoms with Gasteiger partial charge < -0.3 is 15.4 Å². The van der Waals surface area contributed by atoms with E-state index in [1.807, 2.05) is 42.5 Å². The third kappa shape index (κ3) is 5.48. The van der Waals surface area contributed by atoms with Crippen LogP contribution in [0.4, 0.5) is 0 Å². The first-order valence-corrected chi connectivity index (χ1v) is 9.04. The maximum absolute atomic E-state index is 12.2. The minimum atomic E-state index is 0. The number of benzene rings is 2. The summed E-state index contributed by atoms with van der Waals surface area (Å²) in [4.78, 5) is 12.2. The Morgan fingerprint density at radius 1 is 1.15 bits per heavy atom. The van der Waals surface area contributed by atoms with E-state index in [0.29, 0.717) is 19.1 Å². The summed E-state index contributed by atoms with van der Waals surface area (Å²) in [6, 6.07) is 18.6. The number of ether oxygens (including phenoxy) is 1. The van der Waals surface area contributed by atoms with Crippen LogP contribution in [0.15, 0.2) is 54.6 Å². The van der Waals surface area contributed by atoms with Gasteiger partial charge in [0, 0.05) is 17.6 Å². The van der Waals surface area contributed by atoms with Crippen molar-refractivity contribution in [3.63, 3.8) is 0 Å². The monoisotopic (exact) mass is 374 g/mol. The molecule has 1 saturated heterocycles. The molecule has 1 fully saturated rings. The van der Waals surface area contributed by atoms with Crippen molar-refractivity contribution in [2.24, 2.45) is 0 Å². The molecule has 2 aromatic rings. The molecular weight excluding hydrogens is 348 g/mol. The average molecular weight is 375 g/mol. The van der Waals surface area contributed by atoms with Crippen LogP contribution in [0.3, 0.4) is 0 Å². The molecule has 1 heterocycles. The zero-order chi connectivity index (χ0) is 17.5. The van der Waals surface area contributed by atoms with E-state index in [9.17, 15) is 4.79 Å². The van der Waals surface area contributed by atoms with Crippen molar-refractivity contribution in [2.45, 2.75) is 38.3 Å². The summed E-state index contributed by atoms with van der Waals surface area (Å²) in [6.07, 6.45) is 2.51. The van der Waals surface area contributed by atoms with Crippen molar-refractivity contribution in [2.75, 3.05) is 13.2 Å². The number of amides is 1. The maximum atomic E-state index is 12.2. The molecule has 4 nitrogen and oxygen atoms in total. The standard InChI is InChI=1S/C21H26N2O2.ClH/c1-16-19(11-7-14-22-16)23-21(24)13-15-25-20-12-6-5-10-18(20)17-8-3-2-4-9-17;/h2-6,8-10,12,16,19,22H,7,11,13-15H2,1H3,(H,23,24);1H. The number of halogens is 1. The third-order valence-corrected chi connectivity index (χ3v) is 4.67. The minimum absolute atomic E-state index is 0. The van der Waals surface area contributed by atoms with Crippen molar-refractivity contribution < 1.29 is 9.53 Å². The highest BCUT2D eigenvalue weighted by Crippen LogP contribution is 2.29. The van der Waals surface area contributed by atoms with Crippen LogP contribution in [-0.4, -0.2) is 31.1 Å². The molecule has 0 radical (unpaired) electrons. The van der Waals surface area contributed by atoms with Gasteiger partial charge in [0.2, 0.25) is 5.91 Å². The van der Waals surface area contributed by atoms with Crippen molar-refractivity contribution >= 4 is 18.3 Å². The molecule has 2 aromatic carbocycles. The van der Waals surface area contributed by atoms with Crippen LogP contribution in [-0.2, 0) is 4.79 Å². The highest BCUT2D eigenvalue weighted by molar-refractivity contribution is 5.85. The Kier molecular flexibility index (Phi) is 7.95. The van der Waals surface area contributed by atoms with Crippen molar-refractivity contribution in [3.05, 3.63) is 54.6 Å². The second-order valence-electron chi connectivity index (χ2n) is 6.52. The summed E-state index contributed by atoms with van der Waals surface area (Å²) < 4.78 is 5.90. The quantitative estimate of drug-likeness (QED) is 0.808. The van der Waals surface area contributed by atoms with Crippen LogP contribution in [0.2, 0.25) is 0 Å². The summed E-state index contributed by atoms with van der Waals surface area (Å²) >= 11 is 0. The Labute approximate surface area is 161 Å². The molecular formula is C21H27ClN2O2. The number of carbonyl (C=O) groups excluding carboxylic acids is 1. The van der Waals surface area contributed by atoms with E-state index in [0.717, 1.165) is 36.3 Å². The maximum Gasteiger partial charge on any atom is 0.223 e. The summed E-state index contributed by atoms with van der Waals surface area (Å²) in [7, 11) is 0. The predicted molar refractivity (Wildman–Crippen MR) is 108 cm³/mol. The molecule has 140 valence electrons. The Balaban J connectivity index is 0.00000243. The first kappa shape index (κ1) is 20.3. The minimum Gasteiger partial charge on any atom is -0.492 e. The van der Waals surface area contributed by atoms with Gasteiger partial charge >= 0.3 is 0 Å². The first-order chi connectivity index (χ1) is 12.2. The fraction of sp³-hybridized carbons (Fsp3) is 0.381. The lowest BCUT2D eigenvalue weighted by Crippen LogP contribution is -2.52. The number of para-hydroxylation sites is 1. The van der Waals surface area contributed by atoms with Crippen LogP contribution < -0.4 is 15.4 Å². The fourth-order valence-electron chi connectivity index (χ4n) is 3.22. The Morgan fingerprint density at radius 3 is 2.65 bits per heavy atom. The van der Waals surface area contributed by atoms with Gasteiger partial charge in [-0.3, -0.25) is 4.79 Å². The Morgan fingerprint density at radius 2 is 1.88 bits per heavy atom.